The molecule has 3 nitrogen and oxygen atoms in total. The van der Waals surface area contributed by atoms with Gasteiger partial charge < -0.3 is 5.11 Å². The van der Waals surface area contributed by atoms with Gasteiger partial charge in [-0.3, -0.25) is 4.57 Å². The number of aromatic nitrogens is 2. The fraction of sp³-hybridized carbons (Fsp3) is 0.265. The SMILES string of the molecule is Cc1ccc(-n2c(-c3cc(C(C)(C)C)cc(C(C)(C)C)c3O)nc3c(Br)cccc32)c(-c2ccccc2)c1. The van der Waals surface area contributed by atoms with Crippen LogP contribution < -0.4 is 0 Å². The van der Waals surface area contributed by atoms with E-state index in [0.717, 1.165) is 49.3 Å². The van der Waals surface area contributed by atoms with Crippen LogP contribution in [0.4, 0.5) is 0 Å². The Balaban J connectivity index is 1.93. The third kappa shape index (κ3) is 4.67. The molecule has 4 heteroatoms. The summed E-state index contributed by atoms with van der Waals surface area (Å²) >= 11 is 3.74. The highest BCUT2D eigenvalue weighted by atomic mass is 79.9. The molecule has 0 aliphatic carbocycles. The third-order valence-corrected chi connectivity index (χ3v) is 7.78. The van der Waals surface area contributed by atoms with Gasteiger partial charge in [0.2, 0.25) is 0 Å². The van der Waals surface area contributed by atoms with Gasteiger partial charge in [-0.2, -0.15) is 0 Å². The highest BCUT2D eigenvalue weighted by Crippen LogP contribution is 2.44. The Hall–Kier alpha value is -3.37. The van der Waals surface area contributed by atoms with Crippen LogP contribution in [0, 0.1) is 6.92 Å². The summed E-state index contributed by atoms with van der Waals surface area (Å²) < 4.78 is 3.13. The van der Waals surface area contributed by atoms with E-state index in [-0.39, 0.29) is 16.6 Å². The number of hydrogen-bond donors (Lipinski definition) is 1. The van der Waals surface area contributed by atoms with Crippen LogP contribution in [-0.2, 0) is 10.8 Å². The lowest BCUT2D eigenvalue weighted by molar-refractivity contribution is 0.446. The molecule has 0 spiro atoms. The molecule has 0 amide bonds. The van der Waals surface area contributed by atoms with E-state index in [9.17, 15) is 5.11 Å². The first-order valence-corrected chi connectivity index (χ1v) is 13.9. The molecule has 0 fully saturated rings. The first kappa shape index (κ1) is 26.2. The number of aryl methyl sites for hydroxylation is 1. The van der Waals surface area contributed by atoms with Gasteiger partial charge >= 0.3 is 0 Å². The van der Waals surface area contributed by atoms with Crippen LogP contribution in [0.25, 0.3) is 39.2 Å². The lowest BCUT2D eigenvalue weighted by Gasteiger charge is -2.27. The summed E-state index contributed by atoms with van der Waals surface area (Å²) in [4.78, 5) is 5.18. The molecule has 0 saturated heterocycles. The maximum Gasteiger partial charge on any atom is 0.149 e. The summed E-state index contributed by atoms with van der Waals surface area (Å²) in [5.41, 5.74) is 8.80. The zero-order valence-electron chi connectivity index (χ0n) is 23.2. The molecular weight excluding hydrogens is 532 g/mol. The van der Waals surface area contributed by atoms with Crippen LogP contribution in [0.1, 0.15) is 58.2 Å². The lowest BCUT2D eigenvalue weighted by atomic mass is 9.79. The molecule has 194 valence electrons. The van der Waals surface area contributed by atoms with Crippen molar-refractivity contribution in [1.29, 1.82) is 0 Å². The van der Waals surface area contributed by atoms with E-state index in [1.165, 1.54) is 11.1 Å². The highest BCUT2D eigenvalue weighted by molar-refractivity contribution is 9.10. The summed E-state index contributed by atoms with van der Waals surface area (Å²) in [6.45, 7) is 15.2. The Kier molecular flexibility index (Phi) is 6.51. The summed E-state index contributed by atoms with van der Waals surface area (Å²) in [7, 11) is 0. The predicted octanol–water partition coefficient (Wildman–Crippen LogP) is 9.73. The summed E-state index contributed by atoms with van der Waals surface area (Å²) in [6.07, 6.45) is 0. The lowest BCUT2D eigenvalue weighted by Crippen LogP contribution is -2.17. The van der Waals surface area contributed by atoms with Crippen LogP contribution >= 0.6 is 15.9 Å². The van der Waals surface area contributed by atoms with Crippen molar-refractivity contribution in [3.63, 3.8) is 0 Å². The molecule has 5 aromatic rings. The Morgan fingerprint density at radius 2 is 1.47 bits per heavy atom. The first-order chi connectivity index (χ1) is 17.9. The molecule has 1 N–H and O–H groups in total. The van der Waals surface area contributed by atoms with Crippen molar-refractivity contribution in [3.8, 4) is 34.0 Å². The second-order valence-corrected chi connectivity index (χ2v) is 13.0. The van der Waals surface area contributed by atoms with E-state index in [2.05, 4.69) is 130 Å². The minimum atomic E-state index is -0.240. The van der Waals surface area contributed by atoms with Gasteiger partial charge in [-0.15, -0.1) is 0 Å². The van der Waals surface area contributed by atoms with Gasteiger partial charge in [-0.1, -0.05) is 95.6 Å². The number of phenols is 1. The monoisotopic (exact) mass is 566 g/mol. The average molecular weight is 568 g/mol. The maximum absolute atomic E-state index is 11.8. The Labute approximate surface area is 234 Å². The molecule has 5 rings (SSSR count). The van der Waals surface area contributed by atoms with Crippen LogP contribution in [-0.4, -0.2) is 14.7 Å². The van der Waals surface area contributed by atoms with Crippen molar-refractivity contribution in [2.75, 3.05) is 0 Å². The molecule has 0 unspecified atom stereocenters. The standard InChI is InChI=1S/C34H35BrN2O/c1-21-16-17-28(24(18-21)22-12-9-8-10-13-22)37-29-15-11-14-27(35)30(29)36-32(37)25-19-23(33(2,3)4)20-26(31(25)38)34(5,6)7/h8-20,38H,1-7H3. The second-order valence-electron chi connectivity index (χ2n) is 12.2. The smallest absolute Gasteiger partial charge is 0.149 e. The van der Waals surface area contributed by atoms with E-state index < -0.39 is 0 Å². The molecule has 4 aromatic carbocycles. The molecule has 0 aliphatic heterocycles. The minimum Gasteiger partial charge on any atom is -0.507 e. The van der Waals surface area contributed by atoms with Crippen molar-refractivity contribution < 1.29 is 5.11 Å². The molecular formula is C34H35BrN2O. The van der Waals surface area contributed by atoms with Crippen LogP contribution in [0.15, 0.2) is 83.3 Å². The zero-order chi connectivity index (χ0) is 27.4. The van der Waals surface area contributed by atoms with Gasteiger partial charge in [0.1, 0.15) is 17.1 Å². The van der Waals surface area contributed by atoms with Gasteiger partial charge in [0, 0.05) is 15.6 Å². The maximum atomic E-state index is 11.8. The van der Waals surface area contributed by atoms with Gasteiger partial charge in [-0.05, 0) is 75.1 Å². The van der Waals surface area contributed by atoms with E-state index in [1.54, 1.807) is 0 Å². The Morgan fingerprint density at radius 3 is 2.13 bits per heavy atom. The van der Waals surface area contributed by atoms with Crippen LogP contribution in [0.3, 0.4) is 0 Å². The quantitative estimate of drug-likeness (QED) is 0.236. The fourth-order valence-electron chi connectivity index (χ4n) is 4.99. The van der Waals surface area contributed by atoms with Gasteiger partial charge in [-0.25, -0.2) is 4.98 Å². The topological polar surface area (TPSA) is 38.0 Å². The van der Waals surface area contributed by atoms with E-state index in [1.807, 2.05) is 18.2 Å². The molecule has 1 heterocycles. The second kappa shape index (κ2) is 9.43. The van der Waals surface area contributed by atoms with Crippen molar-refractivity contribution in [2.45, 2.75) is 59.3 Å². The number of para-hydroxylation sites is 1. The van der Waals surface area contributed by atoms with Crippen LogP contribution in [0.2, 0.25) is 0 Å². The number of phenolic OH excluding ortho intramolecular Hbond substituents is 1. The first-order valence-electron chi connectivity index (χ1n) is 13.1. The van der Waals surface area contributed by atoms with Gasteiger partial charge in [0.15, 0.2) is 0 Å². The number of nitrogens with zero attached hydrogens (tertiary/aromatic N) is 2. The molecule has 0 atom stereocenters. The normalized spacial score (nSPS) is 12.3. The van der Waals surface area contributed by atoms with Crippen LogP contribution in [0.5, 0.6) is 5.75 Å². The predicted molar refractivity (Wildman–Crippen MR) is 163 cm³/mol. The van der Waals surface area contributed by atoms with Gasteiger partial charge in [0.25, 0.3) is 0 Å². The van der Waals surface area contributed by atoms with Crippen molar-refractivity contribution in [1.82, 2.24) is 9.55 Å². The van der Waals surface area contributed by atoms with E-state index >= 15 is 0 Å². The molecule has 0 radical (unpaired) electrons. The zero-order valence-corrected chi connectivity index (χ0v) is 24.8. The summed E-state index contributed by atoms with van der Waals surface area (Å²) in [5.74, 6) is 1.01. The number of rotatable bonds is 3. The number of imidazole rings is 1. The van der Waals surface area contributed by atoms with Gasteiger partial charge in [0.05, 0.1) is 16.8 Å². The number of halogens is 1. The molecule has 0 aliphatic rings. The highest BCUT2D eigenvalue weighted by Gasteiger charge is 2.28. The number of aromatic hydroxyl groups is 1. The molecule has 0 bridgehead atoms. The molecule has 1 aromatic heterocycles. The Bertz CT molecular complexity index is 1650. The summed E-state index contributed by atoms with van der Waals surface area (Å²) in [5, 5.41) is 11.8. The fourth-order valence-corrected chi connectivity index (χ4v) is 5.44. The third-order valence-electron chi connectivity index (χ3n) is 7.14. The van der Waals surface area contributed by atoms with Crippen molar-refractivity contribution >= 4 is 27.0 Å². The number of fused-ring (bicyclic) bond motifs is 1. The molecule has 38 heavy (non-hydrogen) atoms. The summed E-state index contributed by atoms with van der Waals surface area (Å²) in [6, 6.07) is 27.4. The Morgan fingerprint density at radius 1 is 0.763 bits per heavy atom. The number of benzene rings is 4. The van der Waals surface area contributed by atoms with Crippen molar-refractivity contribution in [3.05, 3.63) is 100 Å². The van der Waals surface area contributed by atoms with Crippen molar-refractivity contribution in [2.24, 2.45) is 0 Å². The largest absolute Gasteiger partial charge is 0.507 e. The number of hydrogen-bond acceptors (Lipinski definition) is 2. The van der Waals surface area contributed by atoms with E-state index in [4.69, 9.17) is 4.98 Å². The van der Waals surface area contributed by atoms with E-state index in [0.29, 0.717) is 0 Å². The average Bonchev–Trinajstić information content (AvgIpc) is 3.24. The molecule has 0 saturated carbocycles. The minimum absolute atomic E-state index is 0.0983.